The van der Waals surface area contributed by atoms with Gasteiger partial charge in [-0.1, -0.05) is 5.16 Å². The Balaban J connectivity index is 1.87. The van der Waals surface area contributed by atoms with Crippen molar-refractivity contribution in [2.75, 3.05) is 14.2 Å². The molecule has 1 aromatic heterocycles. The second-order valence-electron chi connectivity index (χ2n) is 5.61. The molecule has 0 bridgehead atoms. The molecule has 1 atom stereocenters. The minimum Gasteiger partial charge on any atom is -0.497 e. The molecule has 0 aliphatic carbocycles. The van der Waals surface area contributed by atoms with Crippen molar-refractivity contribution in [1.29, 1.82) is 0 Å². The van der Waals surface area contributed by atoms with E-state index in [4.69, 9.17) is 14.4 Å². The second kappa shape index (κ2) is 8.27. The monoisotopic (exact) mass is 347 g/mol. The third kappa shape index (κ3) is 4.79. The van der Waals surface area contributed by atoms with Gasteiger partial charge in [0, 0.05) is 25.5 Å². The van der Waals surface area contributed by atoms with Crippen molar-refractivity contribution in [3.8, 4) is 17.1 Å². The van der Waals surface area contributed by atoms with Gasteiger partial charge in [0.2, 0.25) is 17.6 Å². The molecular weight excluding hydrogens is 326 g/mol. The van der Waals surface area contributed by atoms with Gasteiger partial charge >= 0.3 is 5.97 Å². The number of carbonyl (C=O) groups is 2. The number of ether oxygens (including phenoxy) is 1. The molecule has 1 N–H and O–H groups in total. The number of aliphatic carboxylic acids is 1. The molecule has 2 aromatic rings. The van der Waals surface area contributed by atoms with Crippen LogP contribution in [0.1, 0.15) is 25.7 Å². The Labute approximate surface area is 145 Å². The van der Waals surface area contributed by atoms with Gasteiger partial charge in [-0.2, -0.15) is 4.98 Å². The van der Waals surface area contributed by atoms with Crippen LogP contribution in [0.3, 0.4) is 0 Å². The van der Waals surface area contributed by atoms with E-state index in [1.807, 2.05) is 24.3 Å². The molecule has 1 heterocycles. The minimum absolute atomic E-state index is 0.217. The second-order valence-corrected chi connectivity index (χ2v) is 5.61. The number of carboxylic acids is 1. The maximum atomic E-state index is 12.0. The van der Waals surface area contributed by atoms with Crippen molar-refractivity contribution in [1.82, 2.24) is 15.0 Å². The summed E-state index contributed by atoms with van der Waals surface area (Å²) in [6.45, 7) is 1.47. The van der Waals surface area contributed by atoms with Crippen LogP contribution in [0, 0.1) is 0 Å². The SMILES string of the molecule is COc1ccc(-c2noc(CCCC(=O)N(C)C(C)C(=O)O)n2)cc1. The summed E-state index contributed by atoms with van der Waals surface area (Å²) in [5.41, 5.74) is 0.807. The molecule has 8 heteroatoms. The zero-order valence-electron chi connectivity index (χ0n) is 14.4. The topological polar surface area (TPSA) is 106 Å². The highest BCUT2D eigenvalue weighted by molar-refractivity contribution is 5.83. The van der Waals surface area contributed by atoms with Crippen LogP contribution in [0.15, 0.2) is 28.8 Å². The zero-order chi connectivity index (χ0) is 18.4. The molecule has 0 saturated carbocycles. The van der Waals surface area contributed by atoms with E-state index in [2.05, 4.69) is 10.1 Å². The van der Waals surface area contributed by atoms with Gasteiger partial charge in [0.05, 0.1) is 7.11 Å². The van der Waals surface area contributed by atoms with Crippen LogP contribution in [0.25, 0.3) is 11.4 Å². The Kier molecular flexibility index (Phi) is 6.10. The van der Waals surface area contributed by atoms with E-state index >= 15 is 0 Å². The maximum Gasteiger partial charge on any atom is 0.326 e. The number of carboxylic acid groups (broad SMARTS) is 1. The number of nitrogens with zero attached hydrogens (tertiary/aromatic N) is 3. The molecule has 2 rings (SSSR count). The molecule has 1 unspecified atom stereocenters. The number of benzene rings is 1. The number of aromatic nitrogens is 2. The first-order valence-electron chi connectivity index (χ1n) is 7.88. The molecular formula is C17H21N3O5. The quantitative estimate of drug-likeness (QED) is 0.778. The normalized spacial score (nSPS) is 11.8. The number of hydrogen-bond acceptors (Lipinski definition) is 6. The minimum atomic E-state index is -1.03. The van der Waals surface area contributed by atoms with E-state index in [-0.39, 0.29) is 12.3 Å². The zero-order valence-corrected chi connectivity index (χ0v) is 14.4. The third-order valence-electron chi connectivity index (χ3n) is 3.93. The van der Waals surface area contributed by atoms with Gasteiger partial charge in [0.25, 0.3) is 0 Å². The first kappa shape index (κ1) is 18.4. The maximum absolute atomic E-state index is 12.0. The Morgan fingerprint density at radius 1 is 1.32 bits per heavy atom. The van der Waals surface area contributed by atoms with E-state index in [0.29, 0.717) is 24.6 Å². The highest BCUT2D eigenvalue weighted by Crippen LogP contribution is 2.20. The van der Waals surface area contributed by atoms with Crippen LogP contribution in [-0.2, 0) is 16.0 Å². The van der Waals surface area contributed by atoms with Gasteiger partial charge < -0.3 is 19.3 Å². The Morgan fingerprint density at radius 2 is 2.00 bits per heavy atom. The number of carbonyl (C=O) groups excluding carboxylic acids is 1. The summed E-state index contributed by atoms with van der Waals surface area (Å²) in [6.07, 6.45) is 1.16. The molecule has 8 nitrogen and oxygen atoms in total. The number of methoxy groups -OCH3 is 1. The summed E-state index contributed by atoms with van der Waals surface area (Å²) >= 11 is 0. The van der Waals surface area contributed by atoms with Crippen LogP contribution >= 0.6 is 0 Å². The average molecular weight is 347 g/mol. The molecule has 1 amide bonds. The Hall–Kier alpha value is -2.90. The predicted octanol–water partition coefficient (Wildman–Crippen LogP) is 2.00. The predicted molar refractivity (Wildman–Crippen MR) is 89.1 cm³/mol. The first-order chi connectivity index (χ1) is 11.9. The van der Waals surface area contributed by atoms with Crippen LogP contribution in [0.2, 0.25) is 0 Å². The molecule has 25 heavy (non-hydrogen) atoms. The highest BCUT2D eigenvalue weighted by Gasteiger charge is 2.21. The summed E-state index contributed by atoms with van der Waals surface area (Å²) in [6, 6.07) is 6.43. The summed E-state index contributed by atoms with van der Waals surface area (Å²) in [7, 11) is 3.08. The molecule has 0 radical (unpaired) electrons. The lowest BCUT2D eigenvalue weighted by atomic mass is 10.2. The standard InChI is InChI=1S/C17H21N3O5/c1-11(17(22)23)20(2)15(21)6-4-5-14-18-16(19-25-14)12-7-9-13(24-3)10-8-12/h7-11H,4-6H2,1-3H3,(H,22,23). The lowest BCUT2D eigenvalue weighted by Crippen LogP contribution is -2.40. The smallest absolute Gasteiger partial charge is 0.326 e. The van der Waals surface area contributed by atoms with Gasteiger partial charge in [-0.25, -0.2) is 4.79 Å². The molecule has 1 aromatic carbocycles. The molecule has 0 fully saturated rings. The van der Waals surface area contributed by atoms with Gasteiger partial charge in [0.1, 0.15) is 11.8 Å². The number of amides is 1. The molecule has 0 saturated heterocycles. The van der Waals surface area contributed by atoms with Crippen molar-refractivity contribution in [3.63, 3.8) is 0 Å². The first-order valence-corrected chi connectivity index (χ1v) is 7.88. The summed E-state index contributed by atoms with van der Waals surface area (Å²) in [5.74, 6) is 0.389. The van der Waals surface area contributed by atoms with E-state index in [1.54, 1.807) is 7.11 Å². The number of hydrogen-bond donors (Lipinski definition) is 1. The lowest BCUT2D eigenvalue weighted by molar-refractivity contribution is -0.148. The fourth-order valence-corrected chi connectivity index (χ4v) is 2.16. The largest absolute Gasteiger partial charge is 0.497 e. The van der Waals surface area contributed by atoms with Crippen LogP contribution in [0.4, 0.5) is 0 Å². The summed E-state index contributed by atoms with van der Waals surface area (Å²) < 4.78 is 10.3. The highest BCUT2D eigenvalue weighted by atomic mass is 16.5. The third-order valence-corrected chi connectivity index (χ3v) is 3.93. The number of likely N-dealkylation sites (N-methyl/N-ethyl adjacent to an activating group) is 1. The van der Waals surface area contributed by atoms with Crippen molar-refractivity contribution in [3.05, 3.63) is 30.2 Å². The van der Waals surface area contributed by atoms with Gasteiger partial charge in [-0.15, -0.1) is 0 Å². The summed E-state index contributed by atoms with van der Waals surface area (Å²) in [5, 5.41) is 12.8. The summed E-state index contributed by atoms with van der Waals surface area (Å²) in [4.78, 5) is 28.4. The lowest BCUT2D eigenvalue weighted by Gasteiger charge is -2.21. The van der Waals surface area contributed by atoms with Crippen LogP contribution < -0.4 is 4.74 Å². The van der Waals surface area contributed by atoms with Crippen molar-refractivity contribution in [2.45, 2.75) is 32.2 Å². The van der Waals surface area contributed by atoms with Crippen molar-refractivity contribution < 1.29 is 24.0 Å². The van der Waals surface area contributed by atoms with E-state index in [1.165, 1.54) is 18.9 Å². The van der Waals surface area contributed by atoms with Crippen molar-refractivity contribution >= 4 is 11.9 Å². The van der Waals surface area contributed by atoms with Crippen LogP contribution in [-0.4, -0.2) is 52.2 Å². The average Bonchev–Trinajstić information content (AvgIpc) is 3.09. The Bertz CT molecular complexity index is 726. The molecule has 0 aliphatic heterocycles. The van der Waals surface area contributed by atoms with Gasteiger partial charge in [0.15, 0.2) is 0 Å². The van der Waals surface area contributed by atoms with Crippen molar-refractivity contribution in [2.24, 2.45) is 0 Å². The fourth-order valence-electron chi connectivity index (χ4n) is 2.16. The molecule has 0 spiro atoms. The Morgan fingerprint density at radius 3 is 2.60 bits per heavy atom. The molecule has 0 aliphatic rings. The van der Waals surface area contributed by atoms with E-state index < -0.39 is 12.0 Å². The van der Waals surface area contributed by atoms with Gasteiger partial charge in [-0.3, -0.25) is 4.79 Å². The van der Waals surface area contributed by atoms with E-state index in [0.717, 1.165) is 11.3 Å². The fraction of sp³-hybridized carbons (Fsp3) is 0.412. The van der Waals surface area contributed by atoms with Crippen LogP contribution in [0.5, 0.6) is 5.75 Å². The number of rotatable bonds is 8. The number of aryl methyl sites for hydroxylation is 1. The van der Waals surface area contributed by atoms with Gasteiger partial charge in [-0.05, 0) is 37.6 Å². The van der Waals surface area contributed by atoms with E-state index in [9.17, 15) is 9.59 Å². The molecule has 134 valence electrons.